The topological polar surface area (TPSA) is 55.1 Å². The van der Waals surface area contributed by atoms with Crippen molar-refractivity contribution in [2.75, 3.05) is 12.3 Å². The fourth-order valence-electron chi connectivity index (χ4n) is 2.78. The minimum Gasteiger partial charge on any atom is -0.399 e. The van der Waals surface area contributed by atoms with Crippen LogP contribution < -0.4 is 11.1 Å². The Bertz CT molecular complexity index is 419. The van der Waals surface area contributed by atoms with Crippen LogP contribution >= 0.6 is 0 Å². The second-order valence-corrected chi connectivity index (χ2v) is 6.07. The summed E-state index contributed by atoms with van der Waals surface area (Å²) < 4.78 is 0. The van der Waals surface area contributed by atoms with Crippen molar-refractivity contribution in [3.8, 4) is 0 Å². The normalized spacial score (nSPS) is 17.9. The molecule has 19 heavy (non-hydrogen) atoms. The van der Waals surface area contributed by atoms with Crippen molar-refractivity contribution in [3.63, 3.8) is 0 Å². The summed E-state index contributed by atoms with van der Waals surface area (Å²) in [4.78, 5) is 11.9. The van der Waals surface area contributed by atoms with E-state index in [1.165, 1.54) is 32.1 Å². The van der Waals surface area contributed by atoms with Gasteiger partial charge < -0.3 is 11.1 Å². The zero-order chi connectivity index (χ0) is 13.7. The Labute approximate surface area is 115 Å². The van der Waals surface area contributed by atoms with Crippen molar-refractivity contribution in [1.29, 1.82) is 0 Å². The van der Waals surface area contributed by atoms with E-state index in [-0.39, 0.29) is 5.91 Å². The van der Waals surface area contributed by atoms with E-state index in [2.05, 4.69) is 12.2 Å². The summed E-state index contributed by atoms with van der Waals surface area (Å²) in [5, 5.41) is 3.09. The molecule has 3 nitrogen and oxygen atoms in total. The number of carbonyl (C=O) groups excluding carboxylic acids is 1. The number of nitrogens with one attached hydrogen (secondary N) is 1. The highest BCUT2D eigenvalue weighted by Crippen LogP contribution is 2.34. The van der Waals surface area contributed by atoms with Crippen molar-refractivity contribution in [2.24, 2.45) is 5.41 Å². The standard InChI is InChI=1S/C16H24N2O/c1-16(9-3-2-4-10-16)12-18-15(19)11-13-5-7-14(17)8-6-13/h5-8H,2-4,9-12,17H2,1H3,(H,18,19). The first-order valence-electron chi connectivity index (χ1n) is 7.19. The van der Waals surface area contributed by atoms with Gasteiger partial charge in [0.15, 0.2) is 0 Å². The quantitative estimate of drug-likeness (QED) is 0.818. The van der Waals surface area contributed by atoms with Gasteiger partial charge in [-0.3, -0.25) is 4.79 Å². The third-order valence-corrected chi connectivity index (χ3v) is 4.12. The van der Waals surface area contributed by atoms with Crippen molar-refractivity contribution in [3.05, 3.63) is 29.8 Å². The Morgan fingerprint density at radius 2 is 1.84 bits per heavy atom. The molecule has 2 rings (SSSR count). The SMILES string of the molecule is CC1(CNC(=O)Cc2ccc(N)cc2)CCCCC1. The van der Waals surface area contributed by atoms with Gasteiger partial charge in [-0.2, -0.15) is 0 Å². The summed E-state index contributed by atoms with van der Waals surface area (Å²) in [5.74, 6) is 0.108. The molecule has 3 heteroatoms. The number of carbonyl (C=O) groups is 1. The average Bonchev–Trinajstić information content (AvgIpc) is 2.40. The highest BCUT2D eigenvalue weighted by Gasteiger charge is 2.26. The lowest BCUT2D eigenvalue weighted by atomic mass is 9.76. The van der Waals surface area contributed by atoms with Gasteiger partial charge in [0.2, 0.25) is 5.91 Å². The smallest absolute Gasteiger partial charge is 0.224 e. The van der Waals surface area contributed by atoms with Gasteiger partial charge in [0.25, 0.3) is 0 Å². The van der Waals surface area contributed by atoms with Crippen LogP contribution in [0.3, 0.4) is 0 Å². The largest absolute Gasteiger partial charge is 0.399 e. The van der Waals surface area contributed by atoms with Crippen LogP contribution in [0.25, 0.3) is 0 Å². The third-order valence-electron chi connectivity index (χ3n) is 4.12. The first kappa shape index (κ1) is 13.9. The van der Waals surface area contributed by atoms with Gasteiger partial charge in [-0.05, 0) is 36.0 Å². The van der Waals surface area contributed by atoms with E-state index in [0.717, 1.165) is 17.8 Å². The summed E-state index contributed by atoms with van der Waals surface area (Å²) in [6, 6.07) is 7.50. The third kappa shape index (κ3) is 4.27. The van der Waals surface area contributed by atoms with Crippen LogP contribution in [0.1, 0.15) is 44.6 Å². The molecule has 104 valence electrons. The molecule has 1 aromatic carbocycles. The second kappa shape index (κ2) is 6.09. The molecule has 1 aromatic rings. The molecule has 0 aromatic heterocycles. The molecule has 0 atom stereocenters. The molecule has 0 saturated heterocycles. The molecule has 1 aliphatic rings. The molecule has 0 bridgehead atoms. The number of nitrogen functional groups attached to an aromatic ring is 1. The number of anilines is 1. The van der Waals surface area contributed by atoms with Gasteiger partial charge in [0.1, 0.15) is 0 Å². The fourth-order valence-corrected chi connectivity index (χ4v) is 2.78. The molecule has 1 aliphatic carbocycles. The van der Waals surface area contributed by atoms with Crippen LogP contribution in [0.2, 0.25) is 0 Å². The monoisotopic (exact) mass is 260 g/mol. The van der Waals surface area contributed by atoms with Gasteiger partial charge in [0, 0.05) is 12.2 Å². The van der Waals surface area contributed by atoms with Crippen LogP contribution in [0.15, 0.2) is 24.3 Å². The average molecular weight is 260 g/mol. The van der Waals surface area contributed by atoms with Crippen LogP contribution in [-0.2, 0) is 11.2 Å². The Morgan fingerprint density at radius 3 is 2.47 bits per heavy atom. The number of hydrogen-bond acceptors (Lipinski definition) is 2. The molecule has 0 radical (unpaired) electrons. The van der Waals surface area contributed by atoms with Crippen LogP contribution in [0.4, 0.5) is 5.69 Å². The number of hydrogen-bond donors (Lipinski definition) is 2. The van der Waals surface area contributed by atoms with Crippen LogP contribution in [-0.4, -0.2) is 12.5 Å². The first-order valence-corrected chi connectivity index (χ1v) is 7.19. The minimum atomic E-state index is 0.108. The van der Waals surface area contributed by atoms with Crippen LogP contribution in [0, 0.1) is 5.41 Å². The summed E-state index contributed by atoms with van der Waals surface area (Å²) in [6.07, 6.45) is 6.84. The maximum Gasteiger partial charge on any atom is 0.224 e. The number of benzene rings is 1. The van der Waals surface area contributed by atoms with Gasteiger partial charge in [-0.25, -0.2) is 0 Å². The van der Waals surface area contributed by atoms with Crippen molar-refractivity contribution < 1.29 is 4.79 Å². The Balaban J connectivity index is 1.79. The number of nitrogens with two attached hydrogens (primary N) is 1. The Kier molecular flexibility index (Phi) is 4.46. The lowest BCUT2D eigenvalue weighted by Crippen LogP contribution is -2.37. The summed E-state index contributed by atoms with van der Waals surface area (Å²) in [7, 11) is 0. The first-order chi connectivity index (χ1) is 9.07. The minimum absolute atomic E-state index is 0.108. The van der Waals surface area contributed by atoms with Crippen molar-refractivity contribution >= 4 is 11.6 Å². The van der Waals surface area contributed by atoms with Gasteiger partial charge in [0.05, 0.1) is 6.42 Å². The van der Waals surface area contributed by atoms with E-state index >= 15 is 0 Å². The molecule has 0 unspecified atom stereocenters. The Morgan fingerprint density at radius 1 is 1.21 bits per heavy atom. The molecular weight excluding hydrogens is 236 g/mol. The zero-order valence-electron chi connectivity index (χ0n) is 11.7. The second-order valence-electron chi connectivity index (χ2n) is 6.07. The highest BCUT2D eigenvalue weighted by molar-refractivity contribution is 5.78. The van der Waals surface area contributed by atoms with E-state index in [4.69, 9.17) is 5.73 Å². The van der Waals surface area contributed by atoms with Crippen molar-refractivity contribution in [1.82, 2.24) is 5.32 Å². The molecular formula is C16H24N2O. The summed E-state index contributed by atoms with van der Waals surface area (Å²) in [5.41, 5.74) is 7.68. The molecule has 1 fully saturated rings. The Hall–Kier alpha value is -1.51. The van der Waals surface area contributed by atoms with Gasteiger partial charge in [-0.15, -0.1) is 0 Å². The molecule has 1 amide bonds. The lowest BCUT2D eigenvalue weighted by molar-refractivity contribution is -0.121. The van der Waals surface area contributed by atoms with E-state index in [1.54, 1.807) is 0 Å². The predicted molar refractivity (Wildman–Crippen MR) is 78.8 cm³/mol. The predicted octanol–water partition coefficient (Wildman–Crippen LogP) is 2.90. The highest BCUT2D eigenvalue weighted by atomic mass is 16.1. The molecule has 3 N–H and O–H groups in total. The maximum absolute atomic E-state index is 11.9. The van der Waals surface area contributed by atoms with E-state index in [1.807, 2.05) is 24.3 Å². The van der Waals surface area contributed by atoms with Gasteiger partial charge >= 0.3 is 0 Å². The van der Waals surface area contributed by atoms with Crippen LogP contribution in [0.5, 0.6) is 0 Å². The number of rotatable bonds is 4. The fraction of sp³-hybridized carbons (Fsp3) is 0.562. The lowest BCUT2D eigenvalue weighted by Gasteiger charge is -2.33. The summed E-state index contributed by atoms with van der Waals surface area (Å²) in [6.45, 7) is 3.09. The zero-order valence-corrected chi connectivity index (χ0v) is 11.7. The molecule has 0 spiro atoms. The summed E-state index contributed by atoms with van der Waals surface area (Å²) >= 11 is 0. The van der Waals surface area contributed by atoms with Crippen molar-refractivity contribution in [2.45, 2.75) is 45.4 Å². The maximum atomic E-state index is 11.9. The van der Waals surface area contributed by atoms with E-state index in [9.17, 15) is 4.79 Å². The number of amides is 1. The molecule has 0 heterocycles. The van der Waals surface area contributed by atoms with E-state index in [0.29, 0.717) is 11.8 Å². The molecule has 0 aliphatic heterocycles. The molecule has 1 saturated carbocycles. The van der Waals surface area contributed by atoms with E-state index < -0.39 is 0 Å². The van der Waals surface area contributed by atoms with Gasteiger partial charge in [-0.1, -0.05) is 38.3 Å².